The topological polar surface area (TPSA) is 25.4 Å². The first kappa shape index (κ1) is 15.8. The van der Waals surface area contributed by atoms with E-state index in [2.05, 4.69) is 65.3 Å². The third-order valence-electron chi connectivity index (χ3n) is 5.15. The van der Waals surface area contributed by atoms with E-state index in [1.54, 1.807) is 0 Å². The van der Waals surface area contributed by atoms with Crippen LogP contribution < -0.4 is 0 Å². The maximum atomic E-state index is 6.44. The quantitative estimate of drug-likeness (QED) is 0.837. The lowest BCUT2D eigenvalue weighted by Gasteiger charge is -2.38. The van der Waals surface area contributed by atoms with E-state index in [4.69, 9.17) is 4.74 Å². The Labute approximate surface area is 144 Å². The summed E-state index contributed by atoms with van der Waals surface area (Å²) < 4.78 is 6.44. The Balaban J connectivity index is 1.43. The Bertz CT molecular complexity index is 669. The van der Waals surface area contributed by atoms with E-state index in [0.29, 0.717) is 6.10 Å². The minimum absolute atomic E-state index is 0.205. The van der Waals surface area contributed by atoms with Crippen molar-refractivity contribution in [2.75, 3.05) is 19.6 Å². The van der Waals surface area contributed by atoms with Gasteiger partial charge in [0.25, 0.3) is 0 Å². The molecule has 1 aliphatic carbocycles. The molecule has 4 rings (SSSR count). The molecule has 0 spiro atoms. The molecule has 1 aliphatic heterocycles. The summed E-state index contributed by atoms with van der Waals surface area (Å²) in [5.74, 6) is 0.774. The molecule has 0 amide bonds. The molecular formula is C21H26N2O. The van der Waals surface area contributed by atoms with Gasteiger partial charge in [0.2, 0.25) is 0 Å². The summed E-state index contributed by atoms with van der Waals surface area (Å²) in [5, 5.41) is 0. The Morgan fingerprint density at radius 2 is 1.88 bits per heavy atom. The minimum atomic E-state index is 0.205. The van der Waals surface area contributed by atoms with E-state index in [1.165, 1.54) is 24.1 Å². The highest BCUT2D eigenvalue weighted by Gasteiger charge is 2.38. The Morgan fingerprint density at radius 3 is 2.62 bits per heavy atom. The van der Waals surface area contributed by atoms with Crippen molar-refractivity contribution in [3.8, 4) is 0 Å². The van der Waals surface area contributed by atoms with Crippen molar-refractivity contribution < 1.29 is 4.74 Å². The first-order chi connectivity index (χ1) is 11.8. The third-order valence-corrected chi connectivity index (χ3v) is 5.15. The number of pyridine rings is 1. The molecule has 0 unspecified atom stereocenters. The Kier molecular flexibility index (Phi) is 4.63. The second-order valence-electron chi connectivity index (χ2n) is 7.19. The summed E-state index contributed by atoms with van der Waals surface area (Å²) in [5.41, 5.74) is 3.61. The lowest BCUT2D eigenvalue weighted by molar-refractivity contribution is -0.0959. The average molecular weight is 322 g/mol. The van der Waals surface area contributed by atoms with Crippen molar-refractivity contribution in [3.05, 3.63) is 65.5 Å². The van der Waals surface area contributed by atoms with Crippen molar-refractivity contribution in [2.45, 2.75) is 38.4 Å². The maximum absolute atomic E-state index is 6.44. The molecule has 2 fully saturated rings. The van der Waals surface area contributed by atoms with Gasteiger partial charge in [-0.2, -0.15) is 0 Å². The van der Waals surface area contributed by atoms with Crippen LogP contribution in [0.3, 0.4) is 0 Å². The molecule has 0 bridgehead atoms. The zero-order valence-corrected chi connectivity index (χ0v) is 14.4. The number of hydrogen-bond donors (Lipinski definition) is 0. The van der Waals surface area contributed by atoms with Crippen LogP contribution in [-0.2, 0) is 11.2 Å². The largest absolute Gasteiger partial charge is 0.367 e. The molecule has 2 heterocycles. The lowest BCUT2D eigenvalue weighted by Crippen LogP contribution is -2.45. The normalized spacial score (nSPS) is 24.9. The summed E-state index contributed by atoms with van der Waals surface area (Å²) in [4.78, 5) is 7.22. The first-order valence-corrected chi connectivity index (χ1v) is 9.13. The summed E-state index contributed by atoms with van der Waals surface area (Å²) in [6.45, 7) is 5.18. The van der Waals surface area contributed by atoms with Crippen molar-refractivity contribution in [1.29, 1.82) is 0 Å². The molecule has 0 N–H and O–H groups in total. The summed E-state index contributed by atoms with van der Waals surface area (Å²) in [6.07, 6.45) is 4.28. The van der Waals surface area contributed by atoms with Crippen molar-refractivity contribution in [2.24, 2.45) is 5.92 Å². The number of aromatic nitrogens is 1. The fraction of sp³-hybridized carbons (Fsp3) is 0.476. The number of rotatable bonds is 5. The third kappa shape index (κ3) is 3.85. The van der Waals surface area contributed by atoms with Crippen LogP contribution in [0, 0.1) is 12.8 Å². The SMILES string of the molecule is Cc1cccc(CCN2C[C@@H](c3ccccc3)O[C@@H](C3CC3)C2)n1. The van der Waals surface area contributed by atoms with E-state index in [9.17, 15) is 0 Å². The summed E-state index contributed by atoms with van der Waals surface area (Å²) in [6, 6.07) is 17.0. The zero-order valence-electron chi connectivity index (χ0n) is 14.4. The molecule has 126 valence electrons. The fourth-order valence-electron chi connectivity index (χ4n) is 3.63. The maximum Gasteiger partial charge on any atom is 0.0956 e. The van der Waals surface area contributed by atoms with Crippen LogP contribution >= 0.6 is 0 Å². The monoisotopic (exact) mass is 322 g/mol. The molecule has 1 saturated heterocycles. The van der Waals surface area contributed by atoms with Gasteiger partial charge in [0.1, 0.15) is 0 Å². The van der Waals surface area contributed by atoms with E-state index in [0.717, 1.165) is 37.7 Å². The first-order valence-electron chi connectivity index (χ1n) is 9.13. The molecule has 2 atom stereocenters. The fourth-order valence-corrected chi connectivity index (χ4v) is 3.63. The number of hydrogen-bond acceptors (Lipinski definition) is 3. The van der Waals surface area contributed by atoms with E-state index in [1.807, 2.05) is 0 Å². The van der Waals surface area contributed by atoms with E-state index in [-0.39, 0.29) is 6.10 Å². The Morgan fingerprint density at radius 1 is 1.04 bits per heavy atom. The smallest absolute Gasteiger partial charge is 0.0956 e. The van der Waals surface area contributed by atoms with Crippen molar-refractivity contribution in [1.82, 2.24) is 9.88 Å². The number of ether oxygens (including phenoxy) is 1. The van der Waals surface area contributed by atoms with Gasteiger partial charge in [-0.1, -0.05) is 36.4 Å². The van der Waals surface area contributed by atoms with Gasteiger partial charge in [0.05, 0.1) is 12.2 Å². The predicted molar refractivity (Wildman–Crippen MR) is 95.9 cm³/mol. The van der Waals surface area contributed by atoms with Crippen LogP contribution in [0.5, 0.6) is 0 Å². The highest BCUT2D eigenvalue weighted by Crippen LogP contribution is 2.39. The van der Waals surface area contributed by atoms with Crippen molar-refractivity contribution >= 4 is 0 Å². The molecule has 0 radical (unpaired) electrons. The molecule has 1 saturated carbocycles. The highest BCUT2D eigenvalue weighted by atomic mass is 16.5. The number of nitrogens with zero attached hydrogens (tertiary/aromatic N) is 2. The standard InChI is InChI=1S/C21H26N2O/c1-16-6-5-9-19(22-16)12-13-23-14-20(17-7-3-2-4-8-17)24-21(15-23)18-10-11-18/h2-9,18,20-21H,10-15H2,1H3/t20-,21+/m0/s1. The van der Waals surface area contributed by atoms with Gasteiger partial charge < -0.3 is 4.74 Å². The van der Waals surface area contributed by atoms with E-state index >= 15 is 0 Å². The van der Waals surface area contributed by atoms with Crippen LogP contribution in [-0.4, -0.2) is 35.6 Å². The van der Waals surface area contributed by atoms with Gasteiger partial charge >= 0.3 is 0 Å². The van der Waals surface area contributed by atoms with Crippen molar-refractivity contribution in [3.63, 3.8) is 0 Å². The van der Waals surface area contributed by atoms with Gasteiger partial charge in [-0.15, -0.1) is 0 Å². The zero-order chi connectivity index (χ0) is 16.4. The van der Waals surface area contributed by atoms with Gasteiger partial charge in [0.15, 0.2) is 0 Å². The number of morpholine rings is 1. The van der Waals surface area contributed by atoms with Gasteiger partial charge in [-0.25, -0.2) is 0 Å². The molecule has 1 aromatic heterocycles. The van der Waals surface area contributed by atoms with Gasteiger partial charge in [-0.05, 0) is 43.4 Å². The molecule has 3 nitrogen and oxygen atoms in total. The number of benzene rings is 1. The highest BCUT2D eigenvalue weighted by molar-refractivity contribution is 5.19. The van der Waals surface area contributed by atoms with Gasteiger partial charge in [0, 0.05) is 37.4 Å². The van der Waals surface area contributed by atoms with Crippen LogP contribution in [0.2, 0.25) is 0 Å². The summed E-state index contributed by atoms with van der Waals surface area (Å²) in [7, 11) is 0. The molecule has 2 aliphatic rings. The second-order valence-corrected chi connectivity index (χ2v) is 7.19. The molecule has 24 heavy (non-hydrogen) atoms. The van der Waals surface area contributed by atoms with Crippen LogP contribution in [0.15, 0.2) is 48.5 Å². The molecule has 3 heteroatoms. The lowest BCUT2D eigenvalue weighted by atomic mass is 10.0. The van der Waals surface area contributed by atoms with Gasteiger partial charge in [-0.3, -0.25) is 9.88 Å². The van der Waals surface area contributed by atoms with Crippen LogP contribution in [0.1, 0.15) is 35.9 Å². The number of aryl methyl sites for hydroxylation is 1. The predicted octanol–water partition coefficient (Wildman–Crippen LogP) is 3.78. The Hall–Kier alpha value is -1.71. The summed E-state index contributed by atoms with van der Waals surface area (Å²) >= 11 is 0. The van der Waals surface area contributed by atoms with E-state index < -0.39 is 0 Å². The average Bonchev–Trinajstić information content (AvgIpc) is 3.46. The molecule has 2 aromatic rings. The molecular weight excluding hydrogens is 296 g/mol. The van der Waals surface area contributed by atoms with Crippen LogP contribution in [0.25, 0.3) is 0 Å². The second kappa shape index (κ2) is 7.04. The minimum Gasteiger partial charge on any atom is -0.367 e. The molecule has 1 aromatic carbocycles. The van der Waals surface area contributed by atoms with Crippen LogP contribution in [0.4, 0.5) is 0 Å².